The van der Waals surface area contributed by atoms with Gasteiger partial charge < -0.3 is 33.8 Å². The summed E-state index contributed by atoms with van der Waals surface area (Å²) in [5.74, 6) is -2.11. The number of ether oxygens (including phenoxy) is 4. The fraction of sp³-hybridized carbons (Fsp3) is 0.949. The zero-order valence-electron chi connectivity index (χ0n) is 63.1. The molecule has 0 aliphatic rings. The van der Waals surface area contributed by atoms with Gasteiger partial charge in [-0.05, 0) is 25.7 Å². The highest BCUT2D eigenvalue weighted by molar-refractivity contribution is 7.47. The van der Waals surface area contributed by atoms with Crippen LogP contribution in [0.4, 0.5) is 0 Å². The van der Waals surface area contributed by atoms with Crippen molar-refractivity contribution in [2.24, 2.45) is 0 Å². The Bertz CT molecular complexity index is 1840. The maximum absolute atomic E-state index is 13.1. The third-order valence-electron chi connectivity index (χ3n) is 18.4. The van der Waals surface area contributed by atoms with Crippen LogP contribution in [0, 0.1) is 0 Å². The minimum absolute atomic E-state index is 0.108. The summed E-state index contributed by atoms with van der Waals surface area (Å²) in [7, 11) is -9.91. The van der Waals surface area contributed by atoms with E-state index >= 15 is 0 Å². The van der Waals surface area contributed by atoms with E-state index in [1.165, 1.54) is 250 Å². The number of carbonyl (C=O) groups is 4. The number of hydrogen-bond donors (Lipinski definition) is 3. The van der Waals surface area contributed by atoms with Gasteiger partial charge in [-0.1, -0.05) is 368 Å². The summed E-state index contributed by atoms with van der Waals surface area (Å²) >= 11 is 0. The largest absolute Gasteiger partial charge is 0.472 e. The first-order valence-corrected chi connectivity index (χ1v) is 43.8. The number of unbranched alkanes of at least 4 members (excludes halogenated alkanes) is 53. The quantitative estimate of drug-likeness (QED) is 0.0222. The van der Waals surface area contributed by atoms with Crippen LogP contribution in [0.25, 0.3) is 0 Å². The van der Waals surface area contributed by atoms with Crippen LogP contribution in [0.5, 0.6) is 0 Å². The molecule has 0 bridgehead atoms. The van der Waals surface area contributed by atoms with Crippen LogP contribution in [0.3, 0.4) is 0 Å². The van der Waals surface area contributed by atoms with Gasteiger partial charge in [0.15, 0.2) is 12.2 Å². The minimum Gasteiger partial charge on any atom is -0.462 e. The Morgan fingerprint density at radius 3 is 0.608 bits per heavy atom. The normalized spacial score (nSPS) is 13.8. The smallest absolute Gasteiger partial charge is 0.462 e. The van der Waals surface area contributed by atoms with E-state index < -0.39 is 97.5 Å². The highest BCUT2D eigenvalue weighted by Crippen LogP contribution is 2.45. The fourth-order valence-electron chi connectivity index (χ4n) is 12.1. The summed E-state index contributed by atoms with van der Waals surface area (Å²) < 4.78 is 68.5. The van der Waals surface area contributed by atoms with Gasteiger partial charge in [-0.15, -0.1) is 0 Å². The standard InChI is InChI=1S/C78H152O17P2/c1-5-9-13-17-21-25-29-32-33-34-35-36-37-38-39-40-42-45-49-53-57-61-65-78(83)95-74(69-89-76(81)63-59-55-51-47-44-41-30-26-22-18-14-10-6-2)71-93-97(86,87)91-67-72(79)66-90-96(84,85)92-70-73(68-88-75(80)62-58-54-50-46-28-24-20-16-12-8-4)94-77(82)64-60-56-52-48-43-31-27-23-19-15-11-7-3/h72-74,79H,5-71H2,1-4H3,(H,84,85)(H,86,87)/t72-,73+,74+/m0/s1. The van der Waals surface area contributed by atoms with E-state index in [0.29, 0.717) is 25.7 Å². The lowest BCUT2D eigenvalue weighted by molar-refractivity contribution is -0.161. The molecule has 3 N–H and O–H groups in total. The Hall–Kier alpha value is -1.94. The SMILES string of the molecule is CCCCCCCCCCCCCCCCCCCCCCCCC(=O)O[C@H](COC(=O)CCCCCCCCCCCCCCC)COP(=O)(O)OC[C@@H](O)COP(=O)(O)OC[C@@H](COC(=O)CCCCCCCCCCCC)OC(=O)CCCCCCCCCCCCCC. The molecule has 97 heavy (non-hydrogen) atoms. The van der Waals surface area contributed by atoms with Gasteiger partial charge in [-0.3, -0.25) is 37.3 Å². The van der Waals surface area contributed by atoms with E-state index in [0.717, 1.165) is 89.9 Å². The lowest BCUT2D eigenvalue weighted by atomic mass is 10.0. The molecule has 0 aromatic carbocycles. The molecule has 576 valence electrons. The number of aliphatic hydroxyl groups excluding tert-OH is 1. The third-order valence-corrected chi connectivity index (χ3v) is 20.3. The predicted molar refractivity (Wildman–Crippen MR) is 395 cm³/mol. The van der Waals surface area contributed by atoms with Crippen LogP contribution in [0.15, 0.2) is 0 Å². The third kappa shape index (κ3) is 72.2. The van der Waals surface area contributed by atoms with Crippen LogP contribution in [-0.4, -0.2) is 96.7 Å². The second-order valence-electron chi connectivity index (χ2n) is 28.1. The Labute approximate surface area is 594 Å². The van der Waals surface area contributed by atoms with Crippen molar-refractivity contribution in [2.45, 2.75) is 438 Å². The van der Waals surface area contributed by atoms with Gasteiger partial charge in [0, 0.05) is 25.7 Å². The summed E-state index contributed by atoms with van der Waals surface area (Å²) in [5, 5.41) is 10.6. The molecule has 0 aliphatic carbocycles. The molecule has 5 atom stereocenters. The molecule has 0 spiro atoms. The highest BCUT2D eigenvalue weighted by Gasteiger charge is 2.30. The molecule has 0 fully saturated rings. The molecule has 0 saturated carbocycles. The van der Waals surface area contributed by atoms with Crippen molar-refractivity contribution in [1.29, 1.82) is 0 Å². The second-order valence-corrected chi connectivity index (χ2v) is 31.0. The molecule has 0 heterocycles. The van der Waals surface area contributed by atoms with Crippen LogP contribution in [0.1, 0.15) is 419 Å². The van der Waals surface area contributed by atoms with Crippen LogP contribution in [-0.2, 0) is 65.4 Å². The van der Waals surface area contributed by atoms with Crippen LogP contribution >= 0.6 is 15.6 Å². The van der Waals surface area contributed by atoms with E-state index in [2.05, 4.69) is 27.7 Å². The Balaban J connectivity index is 5.18. The molecule has 19 heteroatoms. The summed E-state index contributed by atoms with van der Waals surface area (Å²) in [5.41, 5.74) is 0. The van der Waals surface area contributed by atoms with Gasteiger partial charge in [0.05, 0.1) is 26.4 Å². The molecular weight excluding hydrogens is 1270 g/mol. The average molecular weight is 1420 g/mol. The number of phosphoric acid groups is 2. The van der Waals surface area contributed by atoms with Gasteiger partial charge in [0.25, 0.3) is 0 Å². The van der Waals surface area contributed by atoms with E-state index in [1.807, 2.05) is 0 Å². The van der Waals surface area contributed by atoms with E-state index in [4.69, 9.17) is 37.0 Å². The Kier molecular flexibility index (Phi) is 71.0. The van der Waals surface area contributed by atoms with E-state index in [1.54, 1.807) is 0 Å². The van der Waals surface area contributed by atoms with Gasteiger partial charge >= 0.3 is 39.5 Å². The molecule has 0 aliphatic heterocycles. The molecule has 0 rings (SSSR count). The van der Waals surface area contributed by atoms with Crippen molar-refractivity contribution in [1.82, 2.24) is 0 Å². The zero-order valence-corrected chi connectivity index (χ0v) is 64.8. The van der Waals surface area contributed by atoms with Crippen molar-refractivity contribution in [2.75, 3.05) is 39.6 Å². The first-order valence-electron chi connectivity index (χ1n) is 40.8. The fourth-order valence-corrected chi connectivity index (χ4v) is 13.7. The van der Waals surface area contributed by atoms with Crippen molar-refractivity contribution >= 4 is 39.5 Å². The maximum Gasteiger partial charge on any atom is 0.472 e. The number of carbonyl (C=O) groups excluding carboxylic acids is 4. The minimum atomic E-state index is -4.96. The van der Waals surface area contributed by atoms with Crippen LogP contribution < -0.4 is 0 Å². The first-order chi connectivity index (χ1) is 47.2. The lowest BCUT2D eigenvalue weighted by Gasteiger charge is -2.21. The summed E-state index contributed by atoms with van der Waals surface area (Å²) in [6, 6.07) is 0. The van der Waals surface area contributed by atoms with Crippen molar-refractivity contribution in [3.63, 3.8) is 0 Å². The number of rotatable bonds is 79. The number of aliphatic hydroxyl groups is 1. The van der Waals surface area contributed by atoms with Gasteiger partial charge in [-0.2, -0.15) is 0 Å². The van der Waals surface area contributed by atoms with Crippen molar-refractivity contribution in [3.05, 3.63) is 0 Å². The monoisotopic (exact) mass is 1420 g/mol. The summed E-state index contributed by atoms with van der Waals surface area (Å²) in [6.45, 7) is 4.99. The molecular formula is C78H152O17P2. The molecule has 2 unspecified atom stereocenters. The molecule has 17 nitrogen and oxygen atoms in total. The topological polar surface area (TPSA) is 237 Å². The number of esters is 4. The predicted octanol–water partition coefficient (Wildman–Crippen LogP) is 23.4. The van der Waals surface area contributed by atoms with Gasteiger partial charge in [0.1, 0.15) is 19.3 Å². The molecule has 0 aromatic heterocycles. The van der Waals surface area contributed by atoms with Crippen LogP contribution in [0.2, 0.25) is 0 Å². The van der Waals surface area contributed by atoms with E-state index in [9.17, 15) is 43.2 Å². The van der Waals surface area contributed by atoms with Gasteiger partial charge in [-0.25, -0.2) is 9.13 Å². The molecule has 0 amide bonds. The maximum atomic E-state index is 13.1. The van der Waals surface area contributed by atoms with Crippen molar-refractivity contribution < 1.29 is 80.2 Å². The molecule has 0 aromatic rings. The Morgan fingerprint density at radius 1 is 0.247 bits per heavy atom. The number of phosphoric ester groups is 2. The molecule has 0 radical (unpaired) electrons. The zero-order chi connectivity index (χ0) is 71.1. The van der Waals surface area contributed by atoms with E-state index in [-0.39, 0.29) is 25.7 Å². The highest BCUT2D eigenvalue weighted by atomic mass is 31.2. The lowest BCUT2D eigenvalue weighted by Crippen LogP contribution is -2.30. The summed E-state index contributed by atoms with van der Waals surface area (Å²) in [4.78, 5) is 72.8. The first kappa shape index (κ1) is 95.1. The van der Waals surface area contributed by atoms with Crippen molar-refractivity contribution in [3.8, 4) is 0 Å². The number of hydrogen-bond acceptors (Lipinski definition) is 15. The molecule has 0 saturated heterocycles. The van der Waals surface area contributed by atoms with Gasteiger partial charge in [0.2, 0.25) is 0 Å². The Morgan fingerprint density at radius 2 is 0.412 bits per heavy atom. The summed E-state index contributed by atoms with van der Waals surface area (Å²) in [6.07, 6.45) is 63.8. The second kappa shape index (κ2) is 72.4. The average Bonchev–Trinajstić information content (AvgIpc) is 2.41.